The van der Waals surface area contributed by atoms with Crippen molar-refractivity contribution < 1.29 is 19.4 Å². The molecule has 0 spiro atoms. The molecule has 2 aliphatic rings. The van der Waals surface area contributed by atoms with Gasteiger partial charge in [0.1, 0.15) is 0 Å². The van der Waals surface area contributed by atoms with Crippen LogP contribution in [0.25, 0.3) is 0 Å². The molecule has 2 aliphatic heterocycles. The van der Waals surface area contributed by atoms with Crippen molar-refractivity contribution >= 4 is 11.6 Å². The van der Waals surface area contributed by atoms with Gasteiger partial charge >= 0.3 is 0 Å². The molecule has 0 saturated carbocycles. The van der Waals surface area contributed by atoms with Crippen molar-refractivity contribution in [2.75, 3.05) is 58.0 Å². The van der Waals surface area contributed by atoms with Gasteiger partial charge in [0.2, 0.25) is 0 Å². The van der Waals surface area contributed by atoms with Crippen molar-refractivity contribution in [2.45, 2.75) is 18.9 Å². The standard InChI is InChI=1S/C18H26N2O4/c1-23-13-16(21)12-20-6-2-3-14-11-15(4-5-17(14)20)18(22)19-7-9-24-10-8-19/h4-5,11,16,21H,2-3,6-10,12-13H2,1H3/t16-/m1/s1. The van der Waals surface area contributed by atoms with Crippen molar-refractivity contribution in [3.05, 3.63) is 29.3 Å². The minimum atomic E-state index is -0.504. The summed E-state index contributed by atoms with van der Waals surface area (Å²) >= 11 is 0. The summed E-state index contributed by atoms with van der Waals surface area (Å²) in [7, 11) is 1.59. The van der Waals surface area contributed by atoms with Crippen LogP contribution >= 0.6 is 0 Å². The maximum absolute atomic E-state index is 12.6. The number of aryl methyl sites for hydroxylation is 1. The van der Waals surface area contributed by atoms with Gasteiger partial charge in [0.05, 0.1) is 25.9 Å². The third-order valence-electron chi connectivity index (χ3n) is 4.63. The van der Waals surface area contributed by atoms with E-state index in [4.69, 9.17) is 9.47 Å². The number of benzene rings is 1. The van der Waals surface area contributed by atoms with E-state index in [-0.39, 0.29) is 5.91 Å². The summed E-state index contributed by atoms with van der Waals surface area (Å²) in [6.07, 6.45) is 1.49. The van der Waals surface area contributed by atoms with Gasteiger partial charge in [0.25, 0.3) is 5.91 Å². The van der Waals surface area contributed by atoms with Crippen molar-refractivity contribution in [1.82, 2.24) is 4.90 Å². The molecule has 0 bridgehead atoms. The molecule has 0 radical (unpaired) electrons. The first-order valence-corrected chi connectivity index (χ1v) is 8.61. The summed E-state index contributed by atoms with van der Waals surface area (Å²) in [5.41, 5.74) is 3.05. The Balaban J connectivity index is 1.74. The van der Waals surface area contributed by atoms with Crippen LogP contribution in [-0.4, -0.2) is 75.1 Å². The summed E-state index contributed by atoms with van der Waals surface area (Å²) in [6, 6.07) is 5.93. The molecule has 1 fully saturated rings. The van der Waals surface area contributed by atoms with Crippen LogP contribution in [0.3, 0.4) is 0 Å². The number of fused-ring (bicyclic) bond motifs is 1. The molecule has 1 amide bonds. The SMILES string of the molecule is COC[C@H](O)CN1CCCc2cc(C(=O)N3CCOCC3)ccc21. The molecule has 24 heavy (non-hydrogen) atoms. The van der Waals surface area contributed by atoms with Gasteiger partial charge in [-0.15, -0.1) is 0 Å². The fourth-order valence-electron chi connectivity index (χ4n) is 3.45. The van der Waals surface area contributed by atoms with Gasteiger partial charge in [-0.25, -0.2) is 0 Å². The molecule has 1 atom stereocenters. The Morgan fingerprint density at radius 2 is 2.12 bits per heavy atom. The average Bonchev–Trinajstić information content (AvgIpc) is 2.62. The Morgan fingerprint density at radius 3 is 2.88 bits per heavy atom. The van der Waals surface area contributed by atoms with Crippen LogP contribution in [0, 0.1) is 0 Å². The van der Waals surface area contributed by atoms with Gasteiger partial charge < -0.3 is 24.4 Å². The van der Waals surface area contributed by atoms with Gasteiger partial charge in [-0.1, -0.05) is 0 Å². The predicted molar refractivity (Wildman–Crippen MR) is 91.6 cm³/mol. The maximum Gasteiger partial charge on any atom is 0.254 e. The molecule has 1 saturated heterocycles. The van der Waals surface area contributed by atoms with Crippen LogP contribution in [0.1, 0.15) is 22.3 Å². The lowest BCUT2D eigenvalue weighted by Gasteiger charge is -2.33. The number of morpholine rings is 1. The Morgan fingerprint density at radius 1 is 1.33 bits per heavy atom. The smallest absolute Gasteiger partial charge is 0.254 e. The monoisotopic (exact) mass is 334 g/mol. The average molecular weight is 334 g/mol. The van der Waals surface area contributed by atoms with Crippen LogP contribution in [0.5, 0.6) is 0 Å². The zero-order chi connectivity index (χ0) is 16.9. The number of aliphatic hydroxyl groups is 1. The van der Waals surface area contributed by atoms with E-state index in [9.17, 15) is 9.90 Å². The highest BCUT2D eigenvalue weighted by Gasteiger charge is 2.23. The lowest BCUT2D eigenvalue weighted by Crippen LogP contribution is -2.41. The summed E-state index contributed by atoms with van der Waals surface area (Å²) in [5.74, 6) is 0.0811. The van der Waals surface area contributed by atoms with Crippen LogP contribution in [0.4, 0.5) is 5.69 Å². The van der Waals surface area contributed by atoms with Gasteiger partial charge in [0.15, 0.2) is 0 Å². The molecule has 0 aliphatic carbocycles. The van der Waals surface area contributed by atoms with Gasteiger partial charge in [-0.05, 0) is 36.6 Å². The number of ether oxygens (including phenoxy) is 2. The predicted octanol–water partition coefficient (Wildman–Crippen LogP) is 0.919. The maximum atomic E-state index is 12.6. The van der Waals surface area contributed by atoms with Crippen LogP contribution in [0.15, 0.2) is 18.2 Å². The Bertz CT molecular complexity index is 572. The minimum Gasteiger partial charge on any atom is -0.389 e. The summed E-state index contributed by atoms with van der Waals surface area (Å²) < 4.78 is 10.3. The van der Waals surface area contributed by atoms with Gasteiger partial charge in [0, 0.05) is 44.5 Å². The molecule has 1 aromatic carbocycles. The zero-order valence-electron chi connectivity index (χ0n) is 14.2. The number of anilines is 1. The summed E-state index contributed by atoms with van der Waals surface area (Å²) in [4.78, 5) is 16.7. The van der Waals surface area contributed by atoms with E-state index < -0.39 is 6.10 Å². The van der Waals surface area contributed by atoms with Crippen LogP contribution in [-0.2, 0) is 15.9 Å². The van der Waals surface area contributed by atoms with Crippen molar-refractivity contribution in [2.24, 2.45) is 0 Å². The number of hydrogen-bond acceptors (Lipinski definition) is 5. The first-order valence-electron chi connectivity index (χ1n) is 8.61. The third kappa shape index (κ3) is 3.88. The second-order valence-electron chi connectivity index (χ2n) is 6.41. The minimum absolute atomic E-state index is 0.0811. The molecular formula is C18H26N2O4. The lowest BCUT2D eigenvalue weighted by molar-refractivity contribution is 0.0303. The molecule has 1 aromatic rings. The highest BCUT2D eigenvalue weighted by Crippen LogP contribution is 2.28. The molecular weight excluding hydrogens is 308 g/mol. The second-order valence-corrected chi connectivity index (χ2v) is 6.41. The quantitative estimate of drug-likeness (QED) is 0.868. The fourth-order valence-corrected chi connectivity index (χ4v) is 3.45. The summed E-state index contributed by atoms with van der Waals surface area (Å²) in [6.45, 7) is 4.35. The largest absolute Gasteiger partial charge is 0.389 e. The van der Waals surface area contributed by atoms with Gasteiger partial charge in [-0.2, -0.15) is 0 Å². The molecule has 6 nitrogen and oxygen atoms in total. The van der Waals surface area contributed by atoms with Gasteiger partial charge in [-0.3, -0.25) is 4.79 Å². The number of amides is 1. The number of β-amino-alcohol motifs (C(OH)–C–C–N with tert-alkyl or cyclic N) is 1. The summed E-state index contributed by atoms with van der Waals surface area (Å²) in [5, 5.41) is 10.0. The van der Waals surface area contributed by atoms with E-state index in [1.165, 1.54) is 5.56 Å². The molecule has 3 rings (SSSR count). The number of methoxy groups -OCH3 is 1. The van der Waals surface area contributed by atoms with Crippen molar-refractivity contribution in [3.63, 3.8) is 0 Å². The highest BCUT2D eigenvalue weighted by atomic mass is 16.5. The first-order chi connectivity index (χ1) is 11.7. The Kier molecular flexibility index (Phi) is 5.71. The molecule has 0 unspecified atom stereocenters. The fraction of sp³-hybridized carbons (Fsp3) is 0.611. The van der Waals surface area contributed by atoms with E-state index in [2.05, 4.69) is 4.90 Å². The van der Waals surface area contributed by atoms with Crippen LogP contribution in [0.2, 0.25) is 0 Å². The molecule has 1 N–H and O–H groups in total. The van der Waals surface area contributed by atoms with E-state index in [1.807, 2.05) is 23.1 Å². The van der Waals surface area contributed by atoms with E-state index in [0.29, 0.717) is 39.5 Å². The molecule has 0 aromatic heterocycles. The number of hydrogen-bond donors (Lipinski definition) is 1. The Hall–Kier alpha value is -1.63. The number of rotatable bonds is 5. The normalized spacial score (nSPS) is 19.1. The van der Waals surface area contributed by atoms with E-state index in [1.54, 1.807) is 7.11 Å². The van der Waals surface area contributed by atoms with Crippen molar-refractivity contribution in [1.29, 1.82) is 0 Å². The molecule has 132 valence electrons. The third-order valence-corrected chi connectivity index (χ3v) is 4.63. The first kappa shape index (κ1) is 17.2. The highest BCUT2D eigenvalue weighted by molar-refractivity contribution is 5.95. The number of nitrogens with zero attached hydrogens (tertiary/aromatic N) is 2. The van der Waals surface area contributed by atoms with Crippen LogP contribution < -0.4 is 4.90 Å². The number of aliphatic hydroxyl groups excluding tert-OH is 1. The second kappa shape index (κ2) is 7.96. The zero-order valence-corrected chi connectivity index (χ0v) is 14.2. The van der Waals surface area contributed by atoms with E-state index in [0.717, 1.165) is 30.6 Å². The Labute approximate surface area is 143 Å². The lowest BCUT2D eigenvalue weighted by atomic mass is 9.98. The topological polar surface area (TPSA) is 62.2 Å². The number of carbonyl (C=O) groups excluding carboxylic acids is 1. The molecule has 2 heterocycles. The molecule has 6 heteroatoms. The van der Waals surface area contributed by atoms with E-state index >= 15 is 0 Å². The van der Waals surface area contributed by atoms with Crippen molar-refractivity contribution in [3.8, 4) is 0 Å². The number of carbonyl (C=O) groups is 1.